The zero-order valence-corrected chi connectivity index (χ0v) is 9.76. The first kappa shape index (κ1) is 11.1. The van der Waals surface area contributed by atoms with Crippen LogP contribution in [0.25, 0.3) is 0 Å². The zero-order valence-electron chi connectivity index (χ0n) is 9.76. The number of carbonyl (C=O) groups excluding carboxylic acids is 1. The van der Waals surface area contributed by atoms with Gasteiger partial charge in [-0.25, -0.2) is 0 Å². The van der Waals surface area contributed by atoms with E-state index in [-0.39, 0.29) is 5.91 Å². The van der Waals surface area contributed by atoms with Crippen LogP contribution in [0.5, 0.6) is 0 Å². The lowest BCUT2D eigenvalue weighted by atomic mass is 9.93. The van der Waals surface area contributed by atoms with Gasteiger partial charge in [-0.1, -0.05) is 6.92 Å². The first-order valence-corrected chi connectivity index (χ1v) is 5.75. The summed E-state index contributed by atoms with van der Waals surface area (Å²) in [6.45, 7) is 4.86. The van der Waals surface area contributed by atoms with Gasteiger partial charge in [0.05, 0.1) is 5.54 Å². The van der Waals surface area contributed by atoms with E-state index in [0.29, 0.717) is 5.82 Å². The third-order valence-electron chi connectivity index (χ3n) is 3.23. The monoisotopic (exact) mass is 222 g/mol. The van der Waals surface area contributed by atoms with Crippen LogP contribution in [0.4, 0.5) is 5.82 Å². The first-order chi connectivity index (χ1) is 7.66. The Balaban J connectivity index is 2.07. The van der Waals surface area contributed by atoms with E-state index in [4.69, 9.17) is 0 Å². The van der Waals surface area contributed by atoms with Crippen molar-refractivity contribution in [1.82, 2.24) is 15.5 Å². The summed E-state index contributed by atoms with van der Waals surface area (Å²) in [5, 5.41) is 13.0. The molecular formula is C11H18N4O. The number of nitrogens with zero attached hydrogens (tertiary/aromatic N) is 1. The van der Waals surface area contributed by atoms with Crippen LogP contribution < -0.4 is 10.6 Å². The van der Waals surface area contributed by atoms with E-state index in [1.165, 1.54) is 0 Å². The minimum atomic E-state index is -0.396. The number of rotatable bonds is 3. The summed E-state index contributed by atoms with van der Waals surface area (Å²) in [7, 11) is 0. The molecule has 1 amide bonds. The van der Waals surface area contributed by atoms with Crippen LogP contribution in [-0.2, 0) is 4.79 Å². The molecular weight excluding hydrogens is 204 g/mol. The molecule has 5 heteroatoms. The van der Waals surface area contributed by atoms with Crippen LogP contribution in [0.15, 0.2) is 6.07 Å². The maximum atomic E-state index is 12.1. The van der Waals surface area contributed by atoms with Gasteiger partial charge in [0.15, 0.2) is 5.82 Å². The van der Waals surface area contributed by atoms with E-state index in [1.54, 1.807) is 0 Å². The van der Waals surface area contributed by atoms with Gasteiger partial charge in [0, 0.05) is 11.8 Å². The number of anilines is 1. The Kier molecular flexibility index (Phi) is 2.96. The molecule has 1 saturated heterocycles. The van der Waals surface area contributed by atoms with E-state index >= 15 is 0 Å². The van der Waals surface area contributed by atoms with E-state index in [2.05, 4.69) is 20.8 Å². The van der Waals surface area contributed by atoms with Gasteiger partial charge in [-0.15, -0.1) is 0 Å². The summed E-state index contributed by atoms with van der Waals surface area (Å²) in [6, 6.07) is 1.83. The lowest BCUT2D eigenvalue weighted by Crippen LogP contribution is -2.50. The molecule has 2 heterocycles. The third kappa shape index (κ3) is 1.95. The van der Waals surface area contributed by atoms with Gasteiger partial charge in [-0.3, -0.25) is 9.89 Å². The fourth-order valence-electron chi connectivity index (χ4n) is 2.18. The van der Waals surface area contributed by atoms with Crippen molar-refractivity contribution in [2.45, 2.75) is 38.6 Å². The predicted octanol–water partition coefficient (Wildman–Crippen LogP) is 1.19. The van der Waals surface area contributed by atoms with Crippen molar-refractivity contribution in [3.8, 4) is 0 Å². The Hall–Kier alpha value is -1.36. The molecule has 1 aliphatic rings. The Morgan fingerprint density at radius 1 is 1.69 bits per heavy atom. The van der Waals surface area contributed by atoms with E-state index in [0.717, 1.165) is 31.5 Å². The summed E-state index contributed by atoms with van der Waals surface area (Å²) < 4.78 is 0. The highest BCUT2D eigenvalue weighted by Crippen LogP contribution is 2.24. The highest BCUT2D eigenvalue weighted by Gasteiger charge is 2.39. The SMILES string of the molecule is CCC1(C(=O)Nc2cc(C)[nH]n2)CCCN1. The Bertz CT molecular complexity index is 379. The fourth-order valence-corrected chi connectivity index (χ4v) is 2.18. The number of aromatic amines is 1. The predicted molar refractivity (Wildman–Crippen MR) is 62.2 cm³/mol. The van der Waals surface area contributed by atoms with Crippen molar-refractivity contribution >= 4 is 11.7 Å². The molecule has 16 heavy (non-hydrogen) atoms. The highest BCUT2D eigenvalue weighted by atomic mass is 16.2. The number of carbonyl (C=O) groups is 1. The van der Waals surface area contributed by atoms with Gasteiger partial charge in [-0.2, -0.15) is 5.10 Å². The van der Waals surface area contributed by atoms with Gasteiger partial charge >= 0.3 is 0 Å². The standard InChI is InChI=1S/C11H18N4O/c1-3-11(5-4-6-12-11)10(16)13-9-7-8(2)14-15-9/h7,12H,3-6H2,1-2H3,(H2,13,14,15,16). The van der Waals surface area contributed by atoms with Gasteiger partial charge < -0.3 is 10.6 Å². The Morgan fingerprint density at radius 2 is 2.50 bits per heavy atom. The normalized spacial score (nSPS) is 24.6. The number of aromatic nitrogens is 2. The summed E-state index contributed by atoms with van der Waals surface area (Å²) in [6.07, 6.45) is 2.77. The summed E-state index contributed by atoms with van der Waals surface area (Å²) in [5.41, 5.74) is 0.549. The number of nitrogens with one attached hydrogen (secondary N) is 3. The third-order valence-corrected chi connectivity index (χ3v) is 3.23. The maximum Gasteiger partial charge on any atom is 0.245 e. The van der Waals surface area contributed by atoms with E-state index in [1.807, 2.05) is 19.9 Å². The molecule has 1 unspecified atom stereocenters. The molecule has 1 aliphatic heterocycles. The summed E-state index contributed by atoms with van der Waals surface area (Å²) >= 11 is 0. The molecule has 5 nitrogen and oxygen atoms in total. The lowest BCUT2D eigenvalue weighted by Gasteiger charge is -2.25. The van der Waals surface area contributed by atoms with Crippen molar-refractivity contribution in [3.05, 3.63) is 11.8 Å². The van der Waals surface area contributed by atoms with Crippen LogP contribution in [0.3, 0.4) is 0 Å². The van der Waals surface area contributed by atoms with Gasteiger partial charge in [0.2, 0.25) is 5.91 Å². The second-order valence-corrected chi connectivity index (χ2v) is 4.36. The highest BCUT2D eigenvalue weighted by molar-refractivity contribution is 5.97. The smallest absolute Gasteiger partial charge is 0.245 e. The second-order valence-electron chi connectivity index (χ2n) is 4.36. The molecule has 0 aliphatic carbocycles. The van der Waals surface area contributed by atoms with Gasteiger partial charge in [-0.05, 0) is 32.7 Å². The topological polar surface area (TPSA) is 69.8 Å². The molecule has 1 aromatic rings. The zero-order chi connectivity index (χ0) is 11.6. The number of hydrogen-bond donors (Lipinski definition) is 3. The van der Waals surface area contributed by atoms with Crippen molar-refractivity contribution in [1.29, 1.82) is 0 Å². The Labute approximate surface area is 95.0 Å². The average molecular weight is 222 g/mol. The Morgan fingerprint density at radius 3 is 3.00 bits per heavy atom. The molecule has 1 atom stereocenters. The van der Waals surface area contributed by atoms with Crippen molar-refractivity contribution < 1.29 is 4.79 Å². The lowest BCUT2D eigenvalue weighted by molar-refractivity contribution is -0.122. The quantitative estimate of drug-likeness (QED) is 0.719. The molecule has 0 aromatic carbocycles. The number of amides is 1. The number of H-pyrrole nitrogens is 1. The van der Waals surface area contributed by atoms with Gasteiger partial charge in [0.25, 0.3) is 0 Å². The fraction of sp³-hybridized carbons (Fsp3) is 0.636. The molecule has 2 rings (SSSR count). The first-order valence-electron chi connectivity index (χ1n) is 5.75. The van der Waals surface area contributed by atoms with Crippen molar-refractivity contribution in [3.63, 3.8) is 0 Å². The van der Waals surface area contributed by atoms with Crippen LogP contribution >= 0.6 is 0 Å². The molecule has 0 bridgehead atoms. The van der Waals surface area contributed by atoms with Crippen molar-refractivity contribution in [2.75, 3.05) is 11.9 Å². The minimum absolute atomic E-state index is 0.0269. The minimum Gasteiger partial charge on any atom is -0.308 e. The largest absolute Gasteiger partial charge is 0.308 e. The van der Waals surface area contributed by atoms with Crippen LogP contribution in [-0.4, -0.2) is 28.2 Å². The van der Waals surface area contributed by atoms with Gasteiger partial charge in [0.1, 0.15) is 0 Å². The number of aryl methyl sites for hydroxylation is 1. The molecule has 3 N–H and O–H groups in total. The molecule has 0 radical (unpaired) electrons. The molecule has 1 fully saturated rings. The van der Waals surface area contributed by atoms with Crippen LogP contribution in [0.1, 0.15) is 31.9 Å². The maximum absolute atomic E-state index is 12.1. The van der Waals surface area contributed by atoms with E-state index < -0.39 is 5.54 Å². The molecule has 0 spiro atoms. The van der Waals surface area contributed by atoms with E-state index in [9.17, 15) is 4.79 Å². The summed E-state index contributed by atoms with van der Waals surface area (Å²) in [4.78, 5) is 12.1. The summed E-state index contributed by atoms with van der Waals surface area (Å²) in [5.74, 6) is 0.628. The van der Waals surface area contributed by atoms with Crippen molar-refractivity contribution in [2.24, 2.45) is 0 Å². The molecule has 88 valence electrons. The van der Waals surface area contributed by atoms with Crippen LogP contribution in [0, 0.1) is 6.92 Å². The average Bonchev–Trinajstić information content (AvgIpc) is 2.88. The van der Waals surface area contributed by atoms with Crippen LogP contribution in [0.2, 0.25) is 0 Å². The second kappa shape index (κ2) is 4.25. The molecule has 0 saturated carbocycles. The number of hydrogen-bond acceptors (Lipinski definition) is 3. The molecule has 1 aromatic heterocycles.